The molecule has 0 atom stereocenters. The second-order valence-corrected chi connectivity index (χ2v) is 6.70. The molecule has 2 N–H and O–H groups in total. The third-order valence-corrected chi connectivity index (χ3v) is 4.49. The maximum absolute atomic E-state index is 12.6. The molecule has 6 nitrogen and oxygen atoms in total. The van der Waals surface area contributed by atoms with Gasteiger partial charge in [-0.25, -0.2) is 9.97 Å². The van der Waals surface area contributed by atoms with Gasteiger partial charge in [0.05, 0.1) is 7.11 Å². The van der Waals surface area contributed by atoms with E-state index in [1.54, 1.807) is 20.1 Å². The zero-order valence-electron chi connectivity index (χ0n) is 16.8. The van der Waals surface area contributed by atoms with Gasteiger partial charge in [0.25, 0.3) is 5.91 Å². The number of anilines is 1. The van der Waals surface area contributed by atoms with Crippen LogP contribution < -0.4 is 15.4 Å². The van der Waals surface area contributed by atoms with Crippen LogP contribution in [0.25, 0.3) is 0 Å². The zero-order valence-corrected chi connectivity index (χ0v) is 16.8. The largest absolute Gasteiger partial charge is 0.496 e. The number of carbonyl (C=O) groups is 1. The molecule has 0 unspecified atom stereocenters. The molecule has 0 saturated heterocycles. The Kier molecular flexibility index (Phi) is 7.16. The summed E-state index contributed by atoms with van der Waals surface area (Å²) in [6.07, 6.45) is 1.96. The first-order chi connectivity index (χ1) is 14.2. The van der Waals surface area contributed by atoms with Gasteiger partial charge in [-0.1, -0.05) is 48.5 Å². The summed E-state index contributed by atoms with van der Waals surface area (Å²) >= 11 is 0. The summed E-state index contributed by atoms with van der Waals surface area (Å²) in [5.41, 5.74) is 2.57. The van der Waals surface area contributed by atoms with E-state index in [1.165, 1.54) is 5.56 Å². The van der Waals surface area contributed by atoms with Gasteiger partial charge in [0, 0.05) is 24.7 Å². The lowest BCUT2D eigenvalue weighted by molar-refractivity contribution is 0.0945. The van der Waals surface area contributed by atoms with Crippen LogP contribution in [-0.4, -0.2) is 29.5 Å². The van der Waals surface area contributed by atoms with Gasteiger partial charge in [0.1, 0.15) is 23.1 Å². The van der Waals surface area contributed by atoms with Crippen molar-refractivity contribution < 1.29 is 9.53 Å². The van der Waals surface area contributed by atoms with E-state index in [-0.39, 0.29) is 5.91 Å². The number of methoxy groups -OCH3 is 1. The molecule has 0 radical (unpaired) electrons. The van der Waals surface area contributed by atoms with E-state index < -0.39 is 0 Å². The second kappa shape index (κ2) is 10.2. The molecule has 150 valence electrons. The SMILES string of the molecule is COc1ccccc1CNC(=O)c1cc(NCCCc2ccccc2)nc(C)n1. The van der Waals surface area contributed by atoms with Crippen molar-refractivity contribution in [3.8, 4) is 5.75 Å². The first-order valence-corrected chi connectivity index (χ1v) is 9.69. The molecular weight excluding hydrogens is 364 g/mol. The summed E-state index contributed by atoms with van der Waals surface area (Å²) in [6.45, 7) is 2.92. The number of ether oxygens (including phenoxy) is 1. The Balaban J connectivity index is 1.55. The lowest BCUT2D eigenvalue weighted by Gasteiger charge is -2.11. The molecular formula is C23H26N4O2. The molecule has 1 aromatic heterocycles. The summed E-state index contributed by atoms with van der Waals surface area (Å²) in [4.78, 5) is 21.2. The summed E-state index contributed by atoms with van der Waals surface area (Å²) in [5, 5.41) is 6.19. The van der Waals surface area contributed by atoms with E-state index in [2.05, 4.69) is 32.7 Å². The minimum Gasteiger partial charge on any atom is -0.496 e. The molecule has 0 spiro atoms. The van der Waals surface area contributed by atoms with Gasteiger partial charge in [0.15, 0.2) is 0 Å². The summed E-state index contributed by atoms with van der Waals surface area (Å²) in [6, 6.07) is 19.7. The number of aryl methyl sites for hydroxylation is 2. The highest BCUT2D eigenvalue weighted by Crippen LogP contribution is 2.17. The fourth-order valence-corrected chi connectivity index (χ4v) is 3.04. The Morgan fingerprint density at radius 2 is 1.79 bits per heavy atom. The van der Waals surface area contributed by atoms with Crippen LogP contribution in [0.5, 0.6) is 5.75 Å². The molecule has 0 bridgehead atoms. The van der Waals surface area contributed by atoms with Crippen LogP contribution in [0.4, 0.5) is 5.82 Å². The van der Waals surface area contributed by atoms with E-state index in [0.717, 1.165) is 30.7 Å². The molecule has 0 fully saturated rings. The number of aromatic nitrogens is 2. The number of carbonyl (C=O) groups excluding carboxylic acids is 1. The highest BCUT2D eigenvalue weighted by molar-refractivity contribution is 5.92. The Morgan fingerprint density at radius 3 is 2.59 bits per heavy atom. The van der Waals surface area contributed by atoms with Crippen LogP contribution in [0, 0.1) is 6.92 Å². The van der Waals surface area contributed by atoms with Crippen molar-refractivity contribution in [1.82, 2.24) is 15.3 Å². The van der Waals surface area contributed by atoms with Crippen LogP contribution >= 0.6 is 0 Å². The second-order valence-electron chi connectivity index (χ2n) is 6.70. The van der Waals surface area contributed by atoms with Gasteiger partial charge in [-0.15, -0.1) is 0 Å². The maximum atomic E-state index is 12.6. The zero-order chi connectivity index (χ0) is 20.5. The topological polar surface area (TPSA) is 76.1 Å². The smallest absolute Gasteiger partial charge is 0.270 e. The van der Waals surface area contributed by atoms with Crippen molar-refractivity contribution in [2.24, 2.45) is 0 Å². The first-order valence-electron chi connectivity index (χ1n) is 9.69. The van der Waals surface area contributed by atoms with Crippen molar-refractivity contribution >= 4 is 11.7 Å². The lowest BCUT2D eigenvalue weighted by atomic mass is 10.1. The first kappa shape index (κ1) is 20.3. The van der Waals surface area contributed by atoms with Crippen molar-refractivity contribution in [2.45, 2.75) is 26.3 Å². The fraction of sp³-hybridized carbons (Fsp3) is 0.261. The van der Waals surface area contributed by atoms with Gasteiger partial charge < -0.3 is 15.4 Å². The molecule has 3 aromatic rings. The van der Waals surface area contributed by atoms with Crippen molar-refractivity contribution in [3.05, 3.63) is 83.3 Å². The van der Waals surface area contributed by atoms with E-state index in [1.807, 2.05) is 42.5 Å². The van der Waals surface area contributed by atoms with Crippen molar-refractivity contribution in [3.63, 3.8) is 0 Å². The summed E-state index contributed by atoms with van der Waals surface area (Å²) in [5.74, 6) is 1.72. The van der Waals surface area contributed by atoms with Gasteiger partial charge in [0.2, 0.25) is 0 Å². The third-order valence-electron chi connectivity index (χ3n) is 4.49. The molecule has 6 heteroatoms. The molecule has 0 aliphatic rings. The Hall–Kier alpha value is -3.41. The van der Waals surface area contributed by atoms with Gasteiger partial charge in [-0.2, -0.15) is 0 Å². The normalized spacial score (nSPS) is 10.4. The van der Waals surface area contributed by atoms with E-state index >= 15 is 0 Å². The average Bonchev–Trinajstić information content (AvgIpc) is 2.75. The monoisotopic (exact) mass is 390 g/mol. The molecule has 2 aromatic carbocycles. The third kappa shape index (κ3) is 6.04. The Labute approximate surface area is 171 Å². The van der Waals surface area contributed by atoms with Crippen LogP contribution in [0.15, 0.2) is 60.7 Å². The predicted octanol–water partition coefficient (Wildman–Crippen LogP) is 3.77. The highest BCUT2D eigenvalue weighted by Gasteiger charge is 2.11. The number of amides is 1. The number of rotatable bonds is 9. The number of nitrogens with zero attached hydrogens (tertiary/aromatic N) is 2. The maximum Gasteiger partial charge on any atom is 0.270 e. The van der Waals surface area contributed by atoms with Gasteiger partial charge >= 0.3 is 0 Å². The number of para-hydroxylation sites is 1. The minimum absolute atomic E-state index is 0.242. The highest BCUT2D eigenvalue weighted by atomic mass is 16.5. The molecule has 1 heterocycles. The quantitative estimate of drug-likeness (QED) is 0.544. The van der Waals surface area contributed by atoms with E-state index in [4.69, 9.17) is 4.74 Å². The molecule has 0 aliphatic carbocycles. The van der Waals surface area contributed by atoms with Crippen LogP contribution in [0.2, 0.25) is 0 Å². The van der Waals surface area contributed by atoms with Crippen molar-refractivity contribution in [2.75, 3.05) is 19.0 Å². The fourth-order valence-electron chi connectivity index (χ4n) is 3.04. The number of hydrogen-bond donors (Lipinski definition) is 2. The number of hydrogen-bond acceptors (Lipinski definition) is 5. The predicted molar refractivity (Wildman–Crippen MR) is 114 cm³/mol. The number of benzene rings is 2. The standard InChI is InChI=1S/C23H26N4O2/c1-17-26-20(23(28)25-16-19-12-6-7-13-21(19)29-2)15-22(27-17)24-14-8-11-18-9-4-3-5-10-18/h3-7,9-10,12-13,15H,8,11,14,16H2,1-2H3,(H,25,28)(H,24,26,27). The van der Waals surface area contributed by atoms with Crippen molar-refractivity contribution in [1.29, 1.82) is 0 Å². The Bertz CT molecular complexity index is 945. The lowest BCUT2D eigenvalue weighted by Crippen LogP contribution is -2.24. The Morgan fingerprint density at radius 1 is 1.03 bits per heavy atom. The van der Waals surface area contributed by atoms with Gasteiger partial charge in [-0.05, 0) is 31.4 Å². The van der Waals surface area contributed by atoms with Crippen LogP contribution in [-0.2, 0) is 13.0 Å². The summed E-state index contributed by atoms with van der Waals surface area (Å²) < 4.78 is 5.32. The van der Waals surface area contributed by atoms with E-state index in [9.17, 15) is 4.79 Å². The minimum atomic E-state index is -0.242. The van der Waals surface area contributed by atoms with E-state index in [0.29, 0.717) is 23.9 Å². The average molecular weight is 390 g/mol. The summed E-state index contributed by atoms with van der Waals surface area (Å²) in [7, 11) is 1.62. The molecule has 29 heavy (non-hydrogen) atoms. The molecule has 0 aliphatic heterocycles. The molecule has 0 saturated carbocycles. The number of nitrogens with one attached hydrogen (secondary N) is 2. The van der Waals surface area contributed by atoms with Crippen LogP contribution in [0.3, 0.4) is 0 Å². The molecule has 1 amide bonds. The van der Waals surface area contributed by atoms with Gasteiger partial charge in [-0.3, -0.25) is 4.79 Å². The molecule has 3 rings (SSSR count). The van der Waals surface area contributed by atoms with Crippen LogP contribution in [0.1, 0.15) is 33.9 Å².